The molecule has 0 unspecified atom stereocenters. The molecule has 0 saturated carbocycles. The molecule has 1 heterocycles. The lowest BCUT2D eigenvalue weighted by Gasteiger charge is -2.15. The predicted molar refractivity (Wildman–Crippen MR) is 70.9 cm³/mol. The van der Waals surface area contributed by atoms with Crippen LogP contribution in [0.2, 0.25) is 0 Å². The average molecular weight is 215 g/mol. The summed E-state index contributed by atoms with van der Waals surface area (Å²) in [6, 6.07) is 6.68. The lowest BCUT2D eigenvalue weighted by Crippen LogP contribution is -2.02. The molecule has 2 rings (SSSR count). The van der Waals surface area contributed by atoms with Gasteiger partial charge in [0, 0.05) is 11.7 Å². The first-order chi connectivity index (χ1) is 7.59. The van der Waals surface area contributed by atoms with Crippen LogP contribution in [-0.2, 0) is 6.42 Å². The standard InChI is InChI=1S/C15H21N/c1-10(2)9-13-6-5-12-7-8-16-15(12)14(13)11(3)4/h5-8,10-11,16H,9H2,1-4H3. The molecule has 86 valence electrons. The fourth-order valence-electron chi connectivity index (χ4n) is 2.47. The summed E-state index contributed by atoms with van der Waals surface area (Å²) in [5.41, 5.74) is 4.32. The first kappa shape index (κ1) is 11.3. The van der Waals surface area contributed by atoms with Gasteiger partial charge in [-0.2, -0.15) is 0 Å². The van der Waals surface area contributed by atoms with E-state index in [1.807, 2.05) is 6.20 Å². The lowest BCUT2D eigenvalue weighted by atomic mass is 9.90. The van der Waals surface area contributed by atoms with Crippen LogP contribution in [0.15, 0.2) is 24.4 Å². The first-order valence-corrected chi connectivity index (χ1v) is 6.18. The Kier molecular flexibility index (Phi) is 3.04. The van der Waals surface area contributed by atoms with Crippen molar-refractivity contribution < 1.29 is 0 Å². The van der Waals surface area contributed by atoms with Gasteiger partial charge < -0.3 is 4.98 Å². The van der Waals surface area contributed by atoms with E-state index in [0.717, 1.165) is 0 Å². The van der Waals surface area contributed by atoms with Crippen molar-refractivity contribution in [2.75, 3.05) is 0 Å². The van der Waals surface area contributed by atoms with E-state index in [0.29, 0.717) is 11.8 Å². The summed E-state index contributed by atoms with van der Waals surface area (Å²) in [4.78, 5) is 3.38. The Bertz CT molecular complexity index is 477. The Morgan fingerprint density at radius 2 is 1.81 bits per heavy atom. The summed E-state index contributed by atoms with van der Waals surface area (Å²) < 4.78 is 0. The van der Waals surface area contributed by atoms with Crippen molar-refractivity contribution in [1.29, 1.82) is 0 Å². The highest BCUT2D eigenvalue weighted by Crippen LogP contribution is 2.29. The van der Waals surface area contributed by atoms with Crippen LogP contribution in [0.25, 0.3) is 10.9 Å². The quantitative estimate of drug-likeness (QED) is 0.776. The van der Waals surface area contributed by atoms with E-state index >= 15 is 0 Å². The van der Waals surface area contributed by atoms with Crippen LogP contribution in [0.5, 0.6) is 0 Å². The van der Waals surface area contributed by atoms with Crippen LogP contribution in [0.1, 0.15) is 44.7 Å². The van der Waals surface area contributed by atoms with Crippen LogP contribution >= 0.6 is 0 Å². The zero-order chi connectivity index (χ0) is 11.7. The molecule has 0 radical (unpaired) electrons. The molecule has 0 atom stereocenters. The van der Waals surface area contributed by atoms with Gasteiger partial charge in [-0.3, -0.25) is 0 Å². The smallest absolute Gasteiger partial charge is 0.0491 e. The minimum Gasteiger partial charge on any atom is -0.361 e. The van der Waals surface area contributed by atoms with E-state index in [9.17, 15) is 0 Å². The number of rotatable bonds is 3. The van der Waals surface area contributed by atoms with Gasteiger partial charge in [0.15, 0.2) is 0 Å². The number of fused-ring (bicyclic) bond motifs is 1. The number of H-pyrrole nitrogens is 1. The first-order valence-electron chi connectivity index (χ1n) is 6.18. The summed E-state index contributed by atoms with van der Waals surface area (Å²) in [5, 5.41) is 1.33. The highest BCUT2D eigenvalue weighted by molar-refractivity contribution is 5.84. The maximum Gasteiger partial charge on any atom is 0.0491 e. The van der Waals surface area contributed by atoms with Crippen molar-refractivity contribution >= 4 is 10.9 Å². The molecule has 1 nitrogen and oxygen atoms in total. The van der Waals surface area contributed by atoms with Crippen molar-refractivity contribution in [3.05, 3.63) is 35.5 Å². The van der Waals surface area contributed by atoms with E-state index in [2.05, 4.69) is 50.9 Å². The molecular formula is C15H21N. The maximum atomic E-state index is 3.38. The van der Waals surface area contributed by atoms with Crippen molar-refractivity contribution in [3.8, 4) is 0 Å². The molecule has 0 spiro atoms. The van der Waals surface area contributed by atoms with Crippen LogP contribution in [0, 0.1) is 5.92 Å². The van der Waals surface area contributed by atoms with E-state index < -0.39 is 0 Å². The Morgan fingerprint density at radius 1 is 1.06 bits per heavy atom. The Morgan fingerprint density at radius 3 is 2.44 bits per heavy atom. The van der Waals surface area contributed by atoms with Gasteiger partial charge in [0.1, 0.15) is 0 Å². The topological polar surface area (TPSA) is 15.8 Å². The molecule has 0 saturated heterocycles. The van der Waals surface area contributed by atoms with Crippen LogP contribution in [0.3, 0.4) is 0 Å². The third-order valence-electron chi connectivity index (χ3n) is 3.06. The molecule has 0 aliphatic carbocycles. The summed E-state index contributed by atoms with van der Waals surface area (Å²) in [6.07, 6.45) is 3.21. The zero-order valence-corrected chi connectivity index (χ0v) is 10.7. The van der Waals surface area contributed by atoms with Crippen LogP contribution in [-0.4, -0.2) is 4.98 Å². The van der Waals surface area contributed by atoms with Gasteiger partial charge in [-0.25, -0.2) is 0 Å². The molecule has 0 fully saturated rings. The summed E-state index contributed by atoms with van der Waals surface area (Å²) >= 11 is 0. The molecule has 0 amide bonds. The molecular weight excluding hydrogens is 194 g/mol. The van der Waals surface area contributed by atoms with Crippen molar-refractivity contribution in [2.24, 2.45) is 5.92 Å². The van der Waals surface area contributed by atoms with Gasteiger partial charge in [-0.1, -0.05) is 39.8 Å². The molecule has 2 aromatic rings. The Hall–Kier alpha value is -1.24. The third-order valence-corrected chi connectivity index (χ3v) is 3.06. The third kappa shape index (κ3) is 1.99. The largest absolute Gasteiger partial charge is 0.361 e. The highest BCUT2D eigenvalue weighted by Gasteiger charge is 2.12. The SMILES string of the molecule is CC(C)Cc1ccc2cc[nH]c2c1C(C)C. The van der Waals surface area contributed by atoms with Crippen molar-refractivity contribution in [1.82, 2.24) is 4.98 Å². The Labute approximate surface area is 97.9 Å². The monoisotopic (exact) mass is 215 g/mol. The minimum atomic E-state index is 0.580. The second-order valence-corrected chi connectivity index (χ2v) is 5.33. The molecule has 1 heteroatoms. The number of hydrogen-bond donors (Lipinski definition) is 1. The van der Waals surface area contributed by atoms with Crippen molar-refractivity contribution in [3.63, 3.8) is 0 Å². The molecule has 1 aromatic heterocycles. The molecule has 0 aliphatic heterocycles. The van der Waals surface area contributed by atoms with E-state index in [4.69, 9.17) is 0 Å². The average Bonchev–Trinajstić information content (AvgIpc) is 2.63. The second kappa shape index (κ2) is 4.32. The van der Waals surface area contributed by atoms with Gasteiger partial charge in [0.2, 0.25) is 0 Å². The number of benzene rings is 1. The van der Waals surface area contributed by atoms with Crippen LogP contribution < -0.4 is 0 Å². The maximum absolute atomic E-state index is 3.38. The van der Waals surface area contributed by atoms with Gasteiger partial charge >= 0.3 is 0 Å². The van der Waals surface area contributed by atoms with Crippen molar-refractivity contribution in [2.45, 2.75) is 40.0 Å². The van der Waals surface area contributed by atoms with Gasteiger partial charge in [-0.05, 0) is 40.8 Å². The second-order valence-electron chi connectivity index (χ2n) is 5.33. The number of hydrogen-bond acceptors (Lipinski definition) is 0. The van der Waals surface area contributed by atoms with E-state index in [1.54, 1.807) is 0 Å². The van der Waals surface area contributed by atoms with Gasteiger partial charge in [0.05, 0.1) is 0 Å². The minimum absolute atomic E-state index is 0.580. The fraction of sp³-hybridized carbons (Fsp3) is 0.467. The fourth-order valence-corrected chi connectivity index (χ4v) is 2.47. The number of aromatic amines is 1. The summed E-state index contributed by atoms with van der Waals surface area (Å²) in [5.74, 6) is 1.29. The van der Waals surface area contributed by atoms with Gasteiger partial charge in [0.25, 0.3) is 0 Å². The molecule has 1 aromatic carbocycles. The summed E-state index contributed by atoms with van der Waals surface area (Å²) in [6.45, 7) is 9.12. The predicted octanol–water partition coefficient (Wildman–Crippen LogP) is 4.49. The molecule has 16 heavy (non-hydrogen) atoms. The van der Waals surface area contributed by atoms with Gasteiger partial charge in [-0.15, -0.1) is 0 Å². The van der Waals surface area contributed by atoms with E-state index in [1.165, 1.54) is 28.5 Å². The Balaban J connectivity index is 2.59. The summed E-state index contributed by atoms with van der Waals surface area (Å²) in [7, 11) is 0. The normalized spacial score (nSPS) is 11.9. The lowest BCUT2D eigenvalue weighted by molar-refractivity contribution is 0.639. The molecule has 0 bridgehead atoms. The number of nitrogens with one attached hydrogen (secondary N) is 1. The number of aromatic nitrogens is 1. The zero-order valence-electron chi connectivity index (χ0n) is 10.7. The highest BCUT2D eigenvalue weighted by atomic mass is 14.7. The molecule has 0 aliphatic rings. The molecule has 1 N–H and O–H groups in total. The van der Waals surface area contributed by atoms with E-state index in [-0.39, 0.29) is 0 Å². The van der Waals surface area contributed by atoms with Crippen LogP contribution in [0.4, 0.5) is 0 Å².